The highest BCUT2D eigenvalue weighted by Gasteiger charge is 2.27. The molecule has 8 nitrogen and oxygen atoms in total. The standard InChI is InChI=1S/C27H32N4O4/c1-33-24-9-5-4-8-22(24)30-13-15-31(16-14-30)23(21-7-6-12-28-18-21)19-29-27(32)20-10-11-25(34-2)26(17-20)35-3/h4-12,17-18,23H,13-16,19H2,1-3H3,(H,29,32)/t23-/m0/s1. The Morgan fingerprint density at radius 2 is 1.66 bits per heavy atom. The van der Waals surface area contributed by atoms with Crippen molar-refractivity contribution in [2.75, 3.05) is 59.0 Å². The van der Waals surface area contributed by atoms with Crippen molar-refractivity contribution in [2.24, 2.45) is 0 Å². The molecule has 1 amide bonds. The molecule has 35 heavy (non-hydrogen) atoms. The van der Waals surface area contributed by atoms with Crippen LogP contribution >= 0.6 is 0 Å². The normalized spacial score (nSPS) is 14.8. The Kier molecular flexibility index (Phi) is 8.05. The van der Waals surface area contributed by atoms with E-state index < -0.39 is 0 Å². The number of pyridine rings is 1. The molecule has 1 fully saturated rings. The second kappa shape index (κ2) is 11.6. The van der Waals surface area contributed by atoms with Crippen molar-refractivity contribution in [3.05, 3.63) is 78.1 Å². The van der Waals surface area contributed by atoms with Crippen LogP contribution in [0.5, 0.6) is 17.2 Å². The molecule has 4 rings (SSSR count). The number of para-hydroxylation sites is 2. The van der Waals surface area contributed by atoms with Gasteiger partial charge in [0.2, 0.25) is 0 Å². The van der Waals surface area contributed by atoms with Crippen molar-refractivity contribution < 1.29 is 19.0 Å². The van der Waals surface area contributed by atoms with Crippen LogP contribution in [0, 0.1) is 0 Å². The number of hydrogen-bond acceptors (Lipinski definition) is 7. The number of carbonyl (C=O) groups is 1. The molecule has 0 bridgehead atoms. The molecule has 1 atom stereocenters. The van der Waals surface area contributed by atoms with Crippen molar-refractivity contribution in [3.8, 4) is 17.2 Å². The molecule has 0 radical (unpaired) electrons. The lowest BCUT2D eigenvalue weighted by molar-refractivity contribution is 0.0929. The highest BCUT2D eigenvalue weighted by molar-refractivity contribution is 5.94. The van der Waals surface area contributed by atoms with Gasteiger partial charge in [0.1, 0.15) is 5.75 Å². The minimum absolute atomic E-state index is 0.00705. The lowest BCUT2D eigenvalue weighted by atomic mass is 10.1. The predicted molar refractivity (Wildman–Crippen MR) is 136 cm³/mol. The van der Waals surface area contributed by atoms with E-state index in [1.807, 2.05) is 30.5 Å². The van der Waals surface area contributed by atoms with Crippen LogP contribution in [0.15, 0.2) is 67.0 Å². The topological polar surface area (TPSA) is 76.2 Å². The number of piperazine rings is 1. The Hall–Kier alpha value is -3.78. The van der Waals surface area contributed by atoms with Gasteiger partial charge in [0.25, 0.3) is 5.91 Å². The Morgan fingerprint density at radius 1 is 0.914 bits per heavy atom. The fourth-order valence-electron chi connectivity index (χ4n) is 4.47. The number of rotatable bonds is 9. The average molecular weight is 477 g/mol. The van der Waals surface area contributed by atoms with Crippen LogP contribution in [0.1, 0.15) is 22.0 Å². The van der Waals surface area contributed by atoms with Gasteiger partial charge >= 0.3 is 0 Å². The molecule has 2 aromatic carbocycles. The van der Waals surface area contributed by atoms with E-state index in [4.69, 9.17) is 14.2 Å². The number of methoxy groups -OCH3 is 3. The van der Waals surface area contributed by atoms with Gasteiger partial charge in [-0.1, -0.05) is 18.2 Å². The zero-order valence-corrected chi connectivity index (χ0v) is 20.4. The number of benzene rings is 2. The summed E-state index contributed by atoms with van der Waals surface area (Å²) in [6.07, 6.45) is 3.64. The van der Waals surface area contributed by atoms with Crippen molar-refractivity contribution in [2.45, 2.75) is 6.04 Å². The monoisotopic (exact) mass is 476 g/mol. The number of aromatic nitrogens is 1. The number of anilines is 1. The summed E-state index contributed by atoms with van der Waals surface area (Å²) in [6, 6.07) is 17.3. The second-order valence-corrected chi connectivity index (χ2v) is 8.28. The van der Waals surface area contributed by atoms with Crippen molar-refractivity contribution in [3.63, 3.8) is 0 Å². The summed E-state index contributed by atoms with van der Waals surface area (Å²) in [6.45, 7) is 3.89. The van der Waals surface area contributed by atoms with Crippen LogP contribution in [0.4, 0.5) is 5.69 Å². The van der Waals surface area contributed by atoms with Gasteiger partial charge in [0.05, 0.1) is 33.1 Å². The number of nitrogens with one attached hydrogen (secondary N) is 1. The summed E-state index contributed by atoms with van der Waals surface area (Å²) in [7, 11) is 4.83. The molecule has 2 heterocycles. The third-order valence-electron chi connectivity index (χ3n) is 6.35. The van der Waals surface area contributed by atoms with Crippen LogP contribution in [0.25, 0.3) is 0 Å². The Balaban J connectivity index is 1.46. The van der Waals surface area contributed by atoms with Crippen LogP contribution in [0.3, 0.4) is 0 Å². The van der Waals surface area contributed by atoms with Gasteiger partial charge in [-0.05, 0) is 42.0 Å². The quantitative estimate of drug-likeness (QED) is 0.507. The molecule has 1 aromatic heterocycles. The summed E-state index contributed by atoms with van der Waals surface area (Å²) in [4.78, 5) is 22.0. The van der Waals surface area contributed by atoms with Gasteiger partial charge in [-0.3, -0.25) is 14.7 Å². The number of hydrogen-bond donors (Lipinski definition) is 1. The third kappa shape index (κ3) is 5.66. The van der Waals surface area contributed by atoms with Crippen LogP contribution in [-0.4, -0.2) is 69.8 Å². The highest BCUT2D eigenvalue weighted by Crippen LogP contribution is 2.30. The van der Waals surface area contributed by atoms with Crippen LogP contribution in [-0.2, 0) is 0 Å². The lowest BCUT2D eigenvalue weighted by Crippen LogP contribution is -2.50. The van der Waals surface area contributed by atoms with E-state index in [-0.39, 0.29) is 11.9 Å². The minimum atomic E-state index is -0.160. The first-order valence-corrected chi connectivity index (χ1v) is 11.7. The molecule has 1 aliphatic rings. The molecule has 0 unspecified atom stereocenters. The van der Waals surface area contributed by atoms with Gasteiger partial charge < -0.3 is 24.4 Å². The van der Waals surface area contributed by atoms with Crippen molar-refractivity contribution in [1.29, 1.82) is 0 Å². The first kappa shape index (κ1) is 24.3. The molecule has 0 spiro atoms. The van der Waals surface area contributed by atoms with E-state index in [1.165, 1.54) is 0 Å². The second-order valence-electron chi connectivity index (χ2n) is 8.28. The molecule has 184 valence electrons. The van der Waals surface area contributed by atoms with E-state index in [0.29, 0.717) is 23.6 Å². The summed E-state index contributed by atoms with van der Waals surface area (Å²) < 4.78 is 16.2. The Morgan fingerprint density at radius 3 is 2.34 bits per heavy atom. The fourth-order valence-corrected chi connectivity index (χ4v) is 4.47. The summed E-state index contributed by atoms with van der Waals surface area (Å²) in [5.74, 6) is 1.83. The summed E-state index contributed by atoms with van der Waals surface area (Å²) in [5.41, 5.74) is 2.70. The molecular formula is C27H32N4O4. The SMILES string of the molecule is COc1ccc(C(=O)NC[C@@H](c2cccnc2)N2CCN(c3ccccc3OC)CC2)cc1OC. The number of nitrogens with zero attached hydrogens (tertiary/aromatic N) is 3. The minimum Gasteiger partial charge on any atom is -0.495 e. The van der Waals surface area contributed by atoms with E-state index >= 15 is 0 Å². The molecule has 0 saturated carbocycles. The maximum Gasteiger partial charge on any atom is 0.251 e. The zero-order valence-electron chi connectivity index (χ0n) is 20.4. The maximum absolute atomic E-state index is 13.0. The molecule has 1 aliphatic heterocycles. The van der Waals surface area contributed by atoms with Gasteiger partial charge in [0.15, 0.2) is 11.5 Å². The Labute approximate surface area is 206 Å². The van der Waals surface area contributed by atoms with Gasteiger partial charge in [-0.2, -0.15) is 0 Å². The number of amides is 1. The fraction of sp³-hybridized carbons (Fsp3) is 0.333. The lowest BCUT2D eigenvalue weighted by Gasteiger charge is -2.40. The number of carbonyl (C=O) groups excluding carboxylic acids is 1. The third-order valence-corrected chi connectivity index (χ3v) is 6.35. The van der Waals surface area contributed by atoms with Crippen LogP contribution in [0.2, 0.25) is 0 Å². The maximum atomic E-state index is 13.0. The summed E-state index contributed by atoms with van der Waals surface area (Å²) in [5, 5.41) is 3.11. The number of ether oxygens (including phenoxy) is 3. The molecule has 0 aliphatic carbocycles. The largest absolute Gasteiger partial charge is 0.495 e. The molecule has 8 heteroatoms. The Bertz CT molecular complexity index is 1120. The van der Waals surface area contributed by atoms with Crippen molar-refractivity contribution >= 4 is 11.6 Å². The van der Waals surface area contributed by atoms with Crippen molar-refractivity contribution in [1.82, 2.24) is 15.2 Å². The molecular weight excluding hydrogens is 444 g/mol. The van der Waals surface area contributed by atoms with Gasteiger partial charge in [0, 0.05) is 50.7 Å². The molecule has 1 saturated heterocycles. The van der Waals surface area contributed by atoms with E-state index in [0.717, 1.165) is 43.2 Å². The van der Waals surface area contributed by atoms with Gasteiger partial charge in [-0.25, -0.2) is 0 Å². The first-order valence-electron chi connectivity index (χ1n) is 11.7. The predicted octanol–water partition coefficient (Wildman–Crippen LogP) is 3.40. The zero-order chi connectivity index (χ0) is 24.6. The first-order chi connectivity index (χ1) is 17.1. The summed E-state index contributed by atoms with van der Waals surface area (Å²) >= 11 is 0. The van der Waals surface area contributed by atoms with E-state index in [2.05, 4.69) is 32.2 Å². The van der Waals surface area contributed by atoms with Crippen LogP contribution < -0.4 is 24.4 Å². The van der Waals surface area contributed by atoms with E-state index in [1.54, 1.807) is 45.7 Å². The highest BCUT2D eigenvalue weighted by atomic mass is 16.5. The molecule has 1 N–H and O–H groups in total. The molecule has 3 aromatic rings. The van der Waals surface area contributed by atoms with Gasteiger partial charge in [-0.15, -0.1) is 0 Å². The van der Waals surface area contributed by atoms with E-state index in [9.17, 15) is 4.79 Å². The average Bonchev–Trinajstić information content (AvgIpc) is 2.93. The smallest absolute Gasteiger partial charge is 0.251 e.